The second-order valence-corrected chi connectivity index (χ2v) is 26.6. The first-order valence-electron chi connectivity index (χ1n) is 27.4. The minimum Gasteiger partial charge on any atom is -0.381 e. The summed E-state index contributed by atoms with van der Waals surface area (Å²) in [5.74, 6) is -0.224. The van der Waals surface area contributed by atoms with E-state index in [0.717, 1.165) is 124 Å². The van der Waals surface area contributed by atoms with Gasteiger partial charge in [-0.1, -0.05) is 131 Å². The summed E-state index contributed by atoms with van der Waals surface area (Å²) >= 11 is 12.9. The first-order valence-corrected chi connectivity index (χ1v) is 28.2. The van der Waals surface area contributed by atoms with E-state index in [2.05, 4.69) is 194 Å². The first kappa shape index (κ1) is 61.2. The SMILES string of the molecule is CN1CCC(Nc2ccc(C(C)(C)C)cc2Cl)CC1.CN1CCC(Nc2ccc(C(C)(C)C)cc2F)CC1.CN1CCN(c2ccc(C(C)(C)C)cc2Cl)CC1.CN1CCN(c2ccc(C(C)(C)C)cc2F)CC1. The van der Waals surface area contributed by atoms with Gasteiger partial charge >= 0.3 is 0 Å². The fourth-order valence-electron chi connectivity index (χ4n) is 9.50. The van der Waals surface area contributed by atoms with Crippen LogP contribution in [-0.4, -0.2) is 138 Å². The summed E-state index contributed by atoms with van der Waals surface area (Å²) < 4.78 is 28.3. The number of nitrogens with one attached hydrogen (secondary N) is 2. The molecule has 412 valence electrons. The van der Waals surface area contributed by atoms with Crippen molar-refractivity contribution in [1.29, 1.82) is 0 Å². The smallest absolute Gasteiger partial charge is 0.146 e. The van der Waals surface area contributed by atoms with E-state index in [0.29, 0.717) is 17.8 Å². The van der Waals surface area contributed by atoms with E-state index in [1.165, 1.54) is 29.7 Å². The van der Waals surface area contributed by atoms with E-state index in [4.69, 9.17) is 23.2 Å². The van der Waals surface area contributed by atoms with Crippen molar-refractivity contribution in [2.75, 3.05) is 127 Å². The van der Waals surface area contributed by atoms with Gasteiger partial charge in [-0.05, 0) is 172 Å². The predicted octanol–water partition coefficient (Wildman–Crippen LogP) is 14.0. The number of benzene rings is 4. The van der Waals surface area contributed by atoms with Gasteiger partial charge in [0.05, 0.1) is 32.8 Å². The molecule has 8 rings (SSSR count). The molecule has 4 aromatic carbocycles. The van der Waals surface area contributed by atoms with Gasteiger partial charge in [-0.3, -0.25) is 0 Å². The Morgan fingerprint density at radius 2 is 0.689 bits per heavy atom. The molecule has 4 fully saturated rings. The number of rotatable bonds is 6. The standard InChI is InChI=1S/C16H25ClN2.C16H25FN2.C15H23ClN2.C15H23FN2/c2*1-16(2,3)12-5-6-15(14(17)11-12)18-13-7-9-19(4)10-8-13;2*1-15(2,3)12-5-6-14(13(16)11-12)18-9-7-17(4)8-10-18/h2*5-6,11,13,18H,7-10H2,1-4H3;2*5-6,11H,7-10H2,1-4H3. The number of likely N-dealkylation sites (tertiary alicyclic amines) is 2. The Labute approximate surface area is 458 Å². The van der Waals surface area contributed by atoms with E-state index in [-0.39, 0.29) is 33.3 Å². The van der Waals surface area contributed by atoms with E-state index < -0.39 is 0 Å². The molecule has 0 amide bonds. The van der Waals surface area contributed by atoms with Gasteiger partial charge in [0.1, 0.15) is 11.6 Å². The number of hydrogen-bond donors (Lipinski definition) is 2. The summed E-state index contributed by atoms with van der Waals surface area (Å²) in [6.07, 6.45) is 4.54. The monoisotopic (exact) mass is 1060 g/mol. The van der Waals surface area contributed by atoms with Crippen LogP contribution in [0.5, 0.6) is 0 Å². The quantitative estimate of drug-likeness (QED) is 0.198. The molecule has 4 aromatic rings. The molecule has 0 radical (unpaired) electrons. The lowest BCUT2D eigenvalue weighted by Gasteiger charge is -2.35. The number of nitrogens with zero attached hydrogens (tertiary/aromatic N) is 6. The summed E-state index contributed by atoms with van der Waals surface area (Å²) in [6.45, 7) is 38.6. The second-order valence-electron chi connectivity index (χ2n) is 25.7. The number of anilines is 4. The molecule has 0 spiro atoms. The molecule has 0 bridgehead atoms. The summed E-state index contributed by atoms with van der Waals surface area (Å²) in [4.78, 5) is 13.8. The number of hydrogen-bond acceptors (Lipinski definition) is 8. The van der Waals surface area contributed by atoms with E-state index in [1.807, 2.05) is 18.2 Å². The van der Waals surface area contributed by atoms with Crippen LogP contribution >= 0.6 is 23.2 Å². The van der Waals surface area contributed by atoms with Crippen LogP contribution in [0, 0.1) is 11.6 Å². The lowest BCUT2D eigenvalue weighted by Crippen LogP contribution is -2.44. The second kappa shape index (κ2) is 26.6. The maximum Gasteiger partial charge on any atom is 0.146 e. The zero-order chi connectivity index (χ0) is 54.8. The first-order chi connectivity index (χ1) is 34.5. The molecule has 4 saturated heterocycles. The van der Waals surface area contributed by atoms with Crippen molar-refractivity contribution >= 4 is 46.0 Å². The Bertz CT molecular complexity index is 2190. The van der Waals surface area contributed by atoms with Gasteiger partial charge < -0.3 is 40.0 Å². The van der Waals surface area contributed by atoms with Crippen LogP contribution in [0.3, 0.4) is 0 Å². The number of likely N-dealkylation sites (N-methyl/N-ethyl adjacent to an activating group) is 2. The third kappa shape index (κ3) is 18.8. The van der Waals surface area contributed by atoms with Crippen LogP contribution in [0.15, 0.2) is 72.8 Å². The Morgan fingerprint density at radius 1 is 0.378 bits per heavy atom. The van der Waals surface area contributed by atoms with Crippen LogP contribution in [0.2, 0.25) is 10.0 Å². The molecule has 8 nitrogen and oxygen atoms in total. The van der Waals surface area contributed by atoms with E-state index >= 15 is 0 Å². The molecular weight excluding hydrogens is 966 g/mol. The maximum absolute atomic E-state index is 14.2. The van der Waals surface area contributed by atoms with Crippen LogP contribution in [-0.2, 0) is 21.7 Å². The highest BCUT2D eigenvalue weighted by Gasteiger charge is 2.24. The topological polar surface area (TPSA) is 43.5 Å². The van der Waals surface area contributed by atoms with Gasteiger partial charge in [0, 0.05) is 64.4 Å². The third-order valence-corrected chi connectivity index (χ3v) is 15.8. The molecule has 0 saturated carbocycles. The Balaban J connectivity index is 0.000000183. The van der Waals surface area contributed by atoms with Gasteiger partial charge in [0.2, 0.25) is 0 Å². The van der Waals surface area contributed by atoms with Crippen molar-refractivity contribution in [2.24, 2.45) is 0 Å². The molecule has 0 unspecified atom stereocenters. The fourth-order valence-corrected chi connectivity index (χ4v) is 10.0. The molecule has 74 heavy (non-hydrogen) atoms. The molecule has 12 heteroatoms. The van der Waals surface area contributed by atoms with Crippen molar-refractivity contribution in [1.82, 2.24) is 19.6 Å². The van der Waals surface area contributed by atoms with Gasteiger partial charge in [-0.2, -0.15) is 0 Å². The van der Waals surface area contributed by atoms with Crippen molar-refractivity contribution in [3.05, 3.63) is 117 Å². The Kier molecular flexibility index (Phi) is 22.0. The third-order valence-electron chi connectivity index (χ3n) is 15.1. The fraction of sp³-hybridized carbons (Fsp3) is 0.613. The van der Waals surface area contributed by atoms with Crippen LogP contribution in [0.1, 0.15) is 131 Å². The minimum atomic E-state index is -0.133. The Hall–Kier alpha value is -3.64. The molecular formula is C62H96Cl2F2N8. The summed E-state index contributed by atoms with van der Waals surface area (Å²) in [6, 6.07) is 25.1. The zero-order valence-electron chi connectivity index (χ0n) is 48.6. The number of piperidine rings is 2. The molecule has 2 N–H and O–H groups in total. The highest BCUT2D eigenvalue weighted by atomic mass is 35.5. The van der Waals surface area contributed by atoms with Gasteiger partial charge in [-0.15, -0.1) is 0 Å². The molecule has 0 aromatic heterocycles. The number of piperazine rings is 2. The molecule has 4 aliphatic rings. The van der Waals surface area contributed by atoms with E-state index in [9.17, 15) is 8.78 Å². The molecule has 0 atom stereocenters. The summed E-state index contributed by atoms with van der Waals surface area (Å²) in [5, 5.41) is 8.66. The van der Waals surface area contributed by atoms with Crippen molar-refractivity contribution < 1.29 is 8.78 Å². The van der Waals surface area contributed by atoms with Gasteiger partial charge in [-0.25, -0.2) is 8.78 Å². The average Bonchev–Trinajstić information content (AvgIpc) is 3.32. The maximum atomic E-state index is 14.2. The molecule has 4 aliphatic heterocycles. The van der Waals surface area contributed by atoms with Crippen molar-refractivity contribution in [3.8, 4) is 0 Å². The number of halogens is 4. The molecule has 4 heterocycles. The minimum absolute atomic E-state index is 0.00147. The van der Waals surface area contributed by atoms with E-state index in [1.54, 1.807) is 12.1 Å². The van der Waals surface area contributed by atoms with Crippen LogP contribution in [0.25, 0.3) is 0 Å². The highest BCUT2D eigenvalue weighted by Crippen LogP contribution is 2.34. The normalized spacial score (nSPS) is 18.4. The lowest BCUT2D eigenvalue weighted by molar-refractivity contribution is 0.263. The van der Waals surface area contributed by atoms with Crippen LogP contribution < -0.4 is 20.4 Å². The van der Waals surface area contributed by atoms with Gasteiger partial charge in [0.15, 0.2) is 0 Å². The van der Waals surface area contributed by atoms with Crippen molar-refractivity contribution in [3.63, 3.8) is 0 Å². The summed E-state index contributed by atoms with van der Waals surface area (Å²) in [5.41, 5.74) is 8.61. The lowest BCUT2D eigenvalue weighted by atomic mass is 9.87. The van der Waals surface area contributed by atoms with Gasteiger partial charge in [0.25, 0.3) is 0 Å². The van der Waals surface area contributed by atoms with Crippen LogP contribution in [0.4, 0.5) is 31.5 Å². The van der Waals surface area contributed by atoms with Crippen molar-refractivity contribution in [2.45, 2.75) is 143 Å². The zero-order valence-corrected chi connectivity index (χ0v) is 50.1. The highest BCUT2D eigenvalue weighted by molar-refractivity contribution is 6.33. The Morgan fingerprint density at radius 3 is 1.05 bits per heavy atom. The molecule has 0 aliphatic carbocycles. The summed E-state index contributed by atoms with van der Waals surface area (Å²) in [7, 11) is 8.59. The largest absolute Gasteiger partial charge is 0.381 e. The average molecular weight is 1060 g/mol. The predicted molar refractivity (Wildman–Crippen MR) is 318 cm³/mol.